The number of nitriles is 1. The van der Waals surface area contributed by atoms with Crippen molar-refractivity contribution in [1.29, 1.82) is 5.26 Å². The fourth-order valence-corrected chi connectivity index (χ4v) is 3.49. The van der Waals surface area contributed by atoms with Gasteiger partial charge in [-0.25, -0.2) is 12.7 Å². The minimum Gasteiger partial charge on any atom is -0.379 e. The highest BCUT2D eigenvalue weighted by Gasteiger charge is 2.20. The van der Waals surface area contributed by atoms with E-state index >= 15 is 0 Å². The van der Waals surface area contributed by atoms with E-state index in [0.717, 1.165) is 19.3 Å². The molecule has 0 radical (unpaired) electrons. The summed E-state index contributed by atoms with van der Waals surface area (Å²) in [4.78, 5) is 14.3. The SMILES string of the molecule is CS(=O)(=O)N(CCC(=O)Nc1ccccc1C#N)CCN1CCOCC1. The lowest BCUT2D eigenvalue weighted by atomic mass is 10.2. The number of para-hydroxylation sites is 1. The molecule has 1 amide bonds. The van der Waals surface area contributed by atoms with Gasteiger partial charge < -0.3 is 10.1 Å². The van der Waals surface area contributed by atoms with Gasteiger partial charge in [0.1, 0.15) is 6.07 Å². The first-order valence-corrected chi connectivity index (χ1v) is 10.3. The number of anilines is 1. The molecule has 1 saturated heterocycles. The van der Waals surface area contributed by atoms with Crippen LogP contribution in [0.2, 0.25) is 0 Å². The van der Waals surface area contributed by atoms with Gasteiger partial charge in [-0.3, -0.25) is 9.69 Å². The van der Waals surface area contributed by atoms with Crippen LogP contribution in [0.15, 0.2) is 24.3 Å². The molecule has 0 unspecified atom stereocenters. The van der Waals surface area contributed by atoms with E-state index in [2.05, 4.69) is 10.2 Å². The van der Waals surface area contributed by atoms with Crippen LogP contribution in [0.4, 0.5) is 5.69 Å². The smallest absolute Gasteiger partial charge is 0.225 e. The Morgan fingerprint density at radius 3 is 2.65 bits per heavy atom. The minimum atomic E-state index is -3.40. The highest BCUT2D eigenvalue weighted by atomic mass is 32.2. The molecule has 0 saturated carbocycles. The molecule has 0 aromatic heterocycles. The van der Waals surface area contributed by atoms with Gasteiger partial charge in [0, 0.05) is 39.1 Å². The number of amides is 1. The Morgan fingerprint density at radius 2 is 2.00 bits per heavy atom. The fraction of sp³-hybridized carbons (Fsp3) is 0.529. The van der Waals surface area contributed by atoms with Crippen LogP contribution in [0, 0.1) is 11.3 Å². The summed E-state index contributed by atoms with van der Waals surface area (Å²) >= 11 is 0. The number of sulfonamides is 1. The maximum atomic E-state index is 12.1. The van der Waals surface area contributed by atoms with Gasteiger partial charge in [-0.15, -0.1) is 0 Å². The summed E-state index contributed by atoms with van der Waals surface area (Å²) in [6, 6.07) is 8.70. The summed E-state index contributed by atoms with van der Waals surface area (Å²) in [5.41, 5.74) is 0.798. The van der Waals surface area contributed by atoms with Crippen molar-refractivity contribution in [2.45, 2.75) is 6.42 Å². The maximum absolute atomic E-state index is 12.1. The molecule has 0 spiro atoms. The van der Waals surface area contributed by atoms with E-state index in [1.165, 1.54) is 4.31 Å². The Kier molecular flexibility index (Phi) is 7.53. The predicted octanol–water partition coefficient (Wildman–Crippen LogP) is 0.481. The average Bonchev–Trinajstić information content (AvgIpc) is 2.62. The Balaban J connectivity index is 1.88. The van der Waals surface area contributed by atoms with Crippen molar-refractivity contribution in [3.63, 3.8) is 0 Å². The van der Waals surface area contributed by atoms with Gasteiger partial charge in [0.2, 0.25) is 15.9 Å². The van der Waals surface area contributed by atoms with Crippen LogP contribution < -0.4 is 5.32 Å². The van der Waals surface area contributed by atoms with Gasteiger partial charge in [0.25, 0.3) is 0 Å². The van der Waals surface area contributed by atoms with E-state index in [4.69, 9.17) is 10.00 Å². The zero-order chi connectivity index (χ0) is 19.0. The first-order chi connectivity index (χ1) is 12.4. The topological polar surface area (TPSA) is 103 Å². The second-order valence-corrected chi connectivity index (χ2v) is 8.05. The number of carbonyl (C=O) groups excluding carboxylic acids is 1. The normalized spacial score (nSPS) is 15.6. The van der Waals surface area contributed by atoms with E-state index in [1.807, 2.05) is 6.07 Å². The van der Waals surface area contributed by atoms with Gasteiger partial charge in [0.05, 0.1) is 30.7 Å². The maximum Gasteiger partial charge on any atom is 0.225 e. The molecule has 0 bridgehead atoms. The predicted molar refractivity (Wildman–Crippen MR) is 98.1 cm³/mol. The third-order valence-electron chi connectivity index (χ3n) is 4.15. The number of nitrogens with zero attached hydrogens (tertiary/aromatic N) is 3. The second kappa shape index (κ2) is 9.64. The van der Waals surface area contributed by atoms with Crippen LogP contribution in [-0.2, 0) is 19.6 Å². The molecule has 1 N–H and O–H groups in total. The lowest BCUT2D eigenvalue weighted by molar-refractivity contribution is -0.116. The van der Waals surface area contributed by atoms with Crippen LogP contribution in [-0.4, -0.2) is 75.7 Å². The third kappa shape index (κ3) is 6.38. The number of rotatable bonds is 8. The summed E-state index contributed by atoms with van der Waals surface area (Å²) in [5.74, 6) is -0.326. The largest absolute Gasteiger partial charge is 0.379 e. The molecule has 1 aliphatic rings. The van der Waals surface area contributed by atoms with E-state index in [1.54, 1.807) is 24.3 Å². The van der Waals surface area contributed by atoms with Crippen LogP contribution in [0.5, 0.6) is 0 Å². The number of nitrogens with one attached hydrogen (secondary N) is 1. The summed E-state index contributed by atoms with van der Waals surface area (Å²) < 4.78 is 30.6. The molecule has 8 nitrogen and oxygen atoms in total. The summed E-state index contributed by atoms with van der Waals surface area (Å²) in [5, 5.41) is 11.7. The molecule has 1 fully saturated rings. The van der Waals surface area contributed by atoms with Gasteiger partial charge in [-0.1, -0.05) is 12.1 Å². The van der Waals surface area contributed by atoms with Crippen molar-refractivity contribution in [3.05, 3.63) is 29.8 Å². The third-order valence-corrected chi connectivity index (χ3v) is 5.45. The number of benzene rings is 1. The molecule has 0 atom stereocenters. The Bertz CT molecular complexity index is 754. The lowest BCUT2D eigenvalue weighted by Gasteiger charge is -2.29. The molecule has 0 aliphatic carbocycles. The standard InChI is InChI=1S/C17H24N4O4S/c1-26(23,24)21(9-8-20-10-12-25-13-11-20)7-6-17(22)19-16-5-3-2-4-15(16)14-18/h2-5H,6-13H2,1H3,(H,19,22). The van der Waals surface area contributed by atoms with Gasteiger partial charge >= 0.3 is 0 Å². The quantitative estimate of drug-likeness (QED) is 0.704. The number of carbonyl (C=O) groups is 1. The monoisotopic (exact) mass is 380 g/mol. The van der Waals surface area contributed by atoms with Crippen molar-refractivity contribution in [3.8, 4) is 6.07 Å². The van der Waals surface area contributed by atoms with E-state index < -0.39 is 10.0 Å². The average molecular weight is 380 g/mol. The van der Waals surface area contributed by atoms with Crippen molar-refractivity contribution >= 4 is 21.6 Å². The Labute approximate surface area is 154 Å². The fourth-order valence-electron chi connectivity index (χ4n) is 2.65. The lowest BCUT2D eigenvalue weighted by Crippen LogP contribution is -2.43. The van der Waals surface area contributed by atoms with Crippen molar-refractivity contribution in [1.82, 2.24) is 9.21 Å². The van der Waals surface area contributed by atoms with E-state index in [0.29, 0.717) is 37.6 Å². The van der Waals surface area contributed by atoms with Crippen LogP contribution in [0.25, 0.3) is 0 Å². The highest BCUT2D eigenvalue weighted by molar-refractivity contribution is 7.88. The molecule has 1 aromatic rings. The van der Waals surface area contributed by atoms with Gasteiger partial charge in [-0.05, 0) is 12.1 Å². The van der Waals surface area contributed by atoms with Crippen LogP contribution >= 0.6 is 0 Å². The first-order valence-electron chi connectivity index (χ1n) is 8.44. The van der Waals surface area contributed by atoms with Gasteiger partial charge in [-0.2, -0.15) is 5.26 Å². The van der Waals surface area contributed by atoms with Crippen LogP contribution in [0.3, 0.4) is 0 Å². The zero-order valence-corrected chi connectivity index (χ0v) is 15.7. The van der Waals surface area contributed by atoms with Gasteiger partial charge in [0.15, 0.2) is 0 Å². The Hall–Kier alpha value is -1.99. The van der Waals surface area contributed by atoms with Crippen LogP contribution in [0.1, 0.15) is 12.0 Å². The molecule has 1 aliphatic heterocycles. The number of morpholine rings is 1. The molecular formula is C17H24N4O4S. The van der Waals surface area contributed by atoms with Crippen molar-refractivity contribution < 1.29 is 17.9 Å². The van der Waals surface area contributed by atoms with Crippen molar-refractivity contribution in [2.75, 3.05) is 57.5 Å². The number of ether oxygens (including phenoxy) is 1. The molecule has 9 heteroatoms. The minimum absolute atomic E-state index is 0.0238. The Morgan fingerprint density at radius 1 is 1.31 bits per heavy atom. The molecule has 2 rings (SSSR count). The molecular weight excluding hydrogens is 356 g/mol. The zero-order valence-electron chi connectivity index (χ0n) is 14.8. The summed E-state index contributed by atoms with van der Waals surface area (Å²) in [7, 11) is -3.40. The second-order valence-electron chi connectivity index (χ2n) is 6.07. The molecule has 1 heterocycles. The van der Waals surface area contributed by atoms with Crippen molar-refractivity contribution in [2.24, 2.45) is 0 Å². The van der Waals surface area contributed by atoms with E-state index in [-0.39, 0.29) is 18.9 Å². The highest BCUT2D eigenvalue weighted by Crippen LogP contribution is 2.14. The molecule has 1 aromatic carbocycles. The first kappa shape index (κ1) is 20.3. The molecule has 142 valence electrons. The summed E-state index contributed by atoms with van der Waals surface area (Å²) in [6.45, 7) is 3.91. The summed E-state index contributed by atoms with van der Waals surface area (Å²) in [6.07, 6.45) is 1.17. The number of hydrogen-bond acceptors (Lipinski definition) is 6. The van der Waals surface area contributed by atoms with E-state index in [9.17, 15) is 13.2 Å². The number of hydrogen-bond donors (Lipinski definition) is 1. The molecule has 26 heavy (non-hydrogen) atoms.